The molecular weight excluding hydrogens is 287 g/mol. The summed E-state index contributed by atoms with van der Waals surface area (Å²) in [7, 11) is 1.31. The van der Waals surface area contributed by atoms with Crippen molar-refractivity contribution in [1.82, 2.24) is 4.98 Å². The van der Waals surface area contributed by atoms with Gasteiger partial charge in [0.1, 0.15) is 0 Å². The van der Waals surface area contributed by atoms with Crippen molar-refractivity contribution in [1.29, 1.82) is 0 Å². The molecule has 0 radical (unpaired) electrons. The Kier molecular flexibility index (Phi) is 4.04. The number of ether oxygens (including phenoxy) is 1. The van der Waals surface area contributed by atoms with Crippen LogP contribution in [0.2, 0.25) is 0 Å². The van der Waals surface area contributed by atoms with Gasteiger partial charge in [0.05, 0.1) is 18.4 Å². The molecular formula is C14H10F3NOS. The first kappa shape index (κ1) is 14.5. The largest absolute Gasteiger partial charge is 0.486 e. The molecule has 0 N–H and O–H groups in total. The Morgan fingerprint density at radius 1 is 1.20 bits per heavy atom. The number of hydrogen-bond acceptors (Lipinski definition) is 3. The Morgan fingerprint density at radius 2 is 1.85 bits per heavy atom. The molecule has 0 saturated heterocycles. The summed E-state index contributed by atoms with van der Waals surface area (Å²) in [6.07, 6.45) is -3.24. The van der Waals surface area contributed by atoms with Crippen LogP contribution in [-0.4, -0.2) is 17.1 Å². The van der Waals surface area contributed by atoms with E-state index in [4.69, 9.17) is 17.0 Å². The minimum atomic E-state index is -4.52. The second kappa shape index (κ2) is 5.58. The summed E-state index contributed by atoms with van der Waals surface area (Å²) in [5.74, 6) is 0. The topological polar surface area (TPSA) is 22.1 Å². The van der Waals surface area contributed by atoms with E-state index < -0.39 is 11.7 Å². The predicted molar refractivity (Wildman–Crippen MR) is 73.4 cm³/mol. The Hall–Kier alpha value is -1.95. The molecule has 2 aromatic rings. The summed E-state index contributed by atoms with van der Waals surface area (Å²) in [4.78, 5) is 3.90. The zero-order valence-electron chi connectivity index (χ0n) is 10.4. The van der Waals surface area contributed by atoms with E-state index in [0.29, 0.717) is 5.56 Å². The van der Waals surface area contributed by atoms with Gasteiger partial charge in [0, 0.05) is 17.3 Å². The van der Waals surface area contributed by atoms with E-state index in [1.165, 1.54) is 13.3 Å². The van der Waals surface area contributed by atoms with Crippen molar-refractivity contribution >= 4 is 17.3 Å². The molecule has 1 aromatic heterocycles. The van der Waals surface area contributed by atoms with Crippen molar-refractivity contribution in [2.45, 2.75) is 6.18 Å². The first-order valence-electron chi connectivity index (χ1n) is 5.64. The molecule has 0 fully saturated rings. The lowest BCUT2D eigenvalue weighted by Crippen LogP contribution is -2.11. The number of aromatic nitrogens is 1. The maximum atomic E-state index is 13.2. The van der Waals surface area contributed by atoms with Gasteiger partial charge < -0.3 is 4.74 Å². The molecule has 0 saturated carbocycles. The van der Waals surface area contributed by atoms with E-state index in [9.17, 15) is 13.2 Å². The normalized spacial score (nSPS) is 11.2. The number of hydrogen-bond donors (Lipinski definition) is 0. The Bertz CT molecular complexity index is 626. The van der Waals surface area contributed by atoms with Crippen molar-refractivity contribution in [2.24, 2.45) is 0 Å². The van der Waals surface area contributed by atoms with Gasteiger partial charge in [0.2, 0.25) is 0 Å². The minimum absolute atomic E-state index is 0.0254. The fourth-order valence-corrected chi connectivity index (χ4v) is 1.85. The molecule has 0 unspecified atom stereocenters. The van der Waals surface area contributed by atoms with Crippen molar-refractivity contribution in [3.05, 3.63) is 53.7 Å². The molecule has 0 aliphatic heterocycles. The highest BCUT2D eigenvalue weighted by atomic mass is 32.1. The van der Waals surface area contributed by atoms with Crippen LogP contribution in [-0.2, 0) is 10.9 Å². The first-order chi connectivity index (χ1) is 9.43. The van der Waals surface area contributed by atoms with Crippen molar-refractivity contribution < 1.29 is 17.9 Å². The molecule has 0 bridgehead atoms. The third-order valence-electron chi connectivity index (χ3n) is 2.66. The lowest BCUT2D eigenvalue weighted by Gasteiger charge is -2.13. The highest BCUT2D eigenvalue weighted by Gasteiger charge is 2.35. The number of nitrogens with zero attached hydrogens (tertiary/aromatic N) is 1. The fourth-order valence-electron chi connectivity index (χ4n) is 1.74. The highest BCUT2D eigenvalue weighted by Crippen LogP contribution is 2.36. The van der Waals surface area contributed by atoms with E-state index in [-0.39, 0.29) is 16.3 Å². The van der Waals surface area contributed by atoms with E-state index in [1.807, 2.05) is 0 Å². The second-order valence-corrected chi connectivity index (χ2v) is 4.35. The number of benzene rings is 1. The van der Waals surface area contributed by atoms with Crippen LogP contribution in [0.4, 0.5) is 13.2 Å². The van der Waals surface area contributed by atoms with Gasteiger partial charge in [-0.15, -0.1) is 0 Å². The summed E-state index contributed by atoms with van der Waals surface area (Å²) in [5.41, 5.74) is -0.425. The summed E-state index contributed by atoms with van der Waals surface area (Å²) < 4.78 is 44.2. The molecule has 2 nitrogen and oxygen atoms in total. The highest BCUT2D eigenvalue weighted by molar-refractivity contribution is 7.80. The fraction of sp³-hybridized carbons (Fsp3) is 0.143. The van der Waals surface area contributed by atoms with E-state index in [2.05, 4.69) is 4.98 Å². The van der Waals surface area contributed by atoms with Crippen molar-refractivity contribution in [3.63, 3.8) is 0 Å². The SMILES string of the molecule is COC(=S)c1cnc(-c2ccccc2)c(C(F)(F)F)c1. The Balaban J connectivity index is 2.61. The van der Waals surface area contributed by atoms with E-state index in [1.54, 1.807) is 30.3 Å². The summed E-state index contributed by atoms with van der Waals surface area (Å²) >= 11 is 4.83. The third-order valence-corrected chi connectivity index (χ3v) is 3.06. The molecule has 0 aliphatic carbocycles. The number of halogens is 3. The average Bonchev–Trinajstić information content (AvgIpc) is 2.46. The zero-order valence-corrected chi connectivity index (χ0v) is 11.3. The molecule has 104 valence electrons. The standard InChI is InChI=1S/C14H10F3NOS/c1-19-13(20)10-7-11(14(15,16)17)12(18-8-10)9-5-3-2-4-6-9/h2-8H,1H3. The van der Waals surface area contributed by atoms with Crippen molar-refractivity contribution in [3.8, 4) is 11.3 Å². The maximum absolute atomic E-state index is 13.2. The van der Waals surface area contributed by atoms with Crippen LogP contribution in [0.5, 0.6) is 0 Å². The second-order valence-electron chi connectivity index (χ2n) is 3.98. The van der Waals surface area contributed by atoms with Crippen molar-refractivity contribution in [2.75, 3.05) is 7.11 Å². The molecule has 0 amide bonds. The van der Waals surface area contributed by atoms with Crippen LogP contribution in [0.3, 0.4) is 0 Å². The van der Waals surface area contributed by atoms with Crippen LogP contribution in [0.1, 0.15) is 11.1 Å². The van der Waals surface area contributed by atoms with Gasteiger partial charge in [-0.25, -0.2) is 0 Å². The molecule has 0 atom stereocenters. The molecule has 20 heavy (non-hydrogen) atoms. The maximum Gasteiger partial charge on any atom is 0.418 e. The van der Waals surface area contributed by atoms with Gasteiger partial charge in [-0.2, -0.15) is 13.2 Å². The van der Waals surface area contributed by atoms with Crippen LogP contribution >= 0.6 is 12.2 Å². The van der Waals surface area contributed by atoms with Gasteiger partial charge >= 0.3 is 6.18 Å². The van der Waals surface area contributed by atoms with E-state index in [0.717, 1.165) is 6.07 Å². The molecule has 1 aromatic carbocycles. The van der Waals surface area contributed by atoms with Crippen LogP contribution in [0.15, 0.2) is 42.6 Å². The minimum Gasteiger partial charge on any atom is -0.486 e. The van der Waals surface area contributed by atoms with Gasteiger partial charge in [-0.05, 0) is 18.3 Å². The monoisotopic (exact) mass is 297 g/mol. The molecule has 6 heteroatoms. The van der Waals surface area contributed by atoms with Crippen LogP contribution < -0.4 is 0 Å². The average molecular weight is 297 g/mol. The molecule has 2 rings (SSSR count). The smallest absolute Gasteiger partial charge is 0.418 e. The zero-order chi connectivity index (χ0) is 14.8. The summed E-state index contributed by atoms with van der Waals surface area (Å²) in [5, 5.41) is -0.0254. The predicted octanol–water partition coefficient (Wildman–Crippen LogP) is 4.09. The Labute approximate surface area is 119 Å². The number of methoxy groups -OCH3 is 1. The lowest BCUT2D eigenvalue weighted by atomic mass is 10.0. The van der Waals surface area contributed by atoms with Gasteiger partial charge in [-0.1, -0.05) is 30.3 Å². The molecule has 0 aliphatic rings. The lowest BCUT2D eigenvalue weighted by molar-refractivity contribution is -0.137. The summed E-state index contributed by atoms with van der Waals surface area (Å²) in [6.45, 7) is 0. The number of pyridine rings is 1. The van der Waals surface area contributed by atoms with Gasteiger partial charge in [0.25, 0.3) is 0 Å². The number of rotatable bonds is 2. The Morgan fingerprint density at radius 3 is 2.40 bits per heavy atom. The third kappa shape index (κ3) is 2.96. The van der Waals surface area contributed by atoms with Gasteiger partial charge in [0.15, 0.2) is 5.05 Å². The molecule has 1 heterocycles. The first-order valence-corrected chi connectivity index (χ1v) is 6.05. The quantitative estimate of drug-likeness (QED) is 0.779. The van der Waals surface area contributed by atoms with E-state index >= 15 is 0 Å². The molecule has 0 spiro atoms. The number of alkyl halides is 3. The van der Waals surface area contributed by atoms with Crippen LogP contribution in [0.25, 0.3) is 11.3 Å². The van der Waals surface area contributed by atoms with Gasteiger partial charge in [-0.3, -0.25) is 4.98 Å². The number of thiocarbonyl (C=S) groups is 1. The van der Waals surface area contributed by atoms with Crippen LogP contribution in [0, 0.1) is 0 Å². The summed E-state index contributed by atoms with van der Waals surface area (Å²) in [6, 6.07) is 9.15.